The molecular formula is C18H20N2O3. The highest BCUT2D eigenvalue weighted by atomic mass is 16.3. The summed E-state index contributed by atoms with van der Waals surface area (Å²) in [7, 11) is 0. The minimum Gasteiger partial charge on any atom is -0.508 e. The van der Waals surface area contributed by atoms with Gasteiger partial charge in [0.25, 0.3) is 0 Å². The third kappa shape index (κ3) is 3.52. The molecule has 0 spiro atoms. The summed E-state index contributed by atoms with van der Waals surface area (Å²) in [6.45, 7) is 1.80. The number of aliphatic hydroxyl groups excluding tert-OH is 1. The Kier molecular flexibility index (Phi) is 4.07. The smallest absolute Gasteiger partial charge is 0.227 e. The zero-order valence-corrected chi connectivity index (χ0v) is 13.0. The Hall–Kier alpha value is -2.37. The normalized spacial score (nSPS) is 14.0. The molecule has 0 unspecified atom stereocenters. The molecule has 5 heteroatoms. The number of aromatic hydroxyl groups is 1. The molecule has 1 heterocycles. The molecule has 0 aliphatic carbocycles. The third-order valence-electron chi connectivity index (χ3n) is 3.91. The molecule has 0 aliphatic heterocycles. The summed E-state index contributed by atoms with van der Waals surface area (Å²) in [5.74, 6) is 0.733. The van der Waals surface area contributed by atoms with E-state index in [4.69, 9.17) is 10.2 Å². The van der Waals surface area contributed by atoms with E-state index in [2.05, 4.69) is 4.98 Å². The van der Waals surface area contributed by atoms with E-state index in [-0.39, 0.29) is 12.4 Å². The van der Waals surface area contributed by atoms with E-state index in [1.54, 1.807) is 24.3 Å². The van der Waals surface area contributed by atoms with Crippen LogP contribution in [0.15, 0.2) is 46.9 Å². The van der Waals surface area contributed by atoms with Gasteiger partial charge in [-0.15, -0.1) is 0 Å². The Bertz CT molecular complexity index is 807. The lowest BCUT2D eigenvalue weighted by atomic mass is 9.95. The van der Waals surface area contributed by atoms with E-state index < -0.39 is 5.54 Å². The maximum absolute atomic E-state index is 9.35. The van der Waals surface area contributed by atoms with E-state index in [1.807, 2.05) is 25.1 Å². The van der Waals surface area contributed by atoms with Crippen LogP contribution in [0, 0.1) is 0 Å². The lowest BCUT2D eigenvalue weighted by molar-refractivity contribution is 0.200. The first kappa shape index (κ1) is 15.5. The highest BCUT2D eigenvalue weighted by Crippen LogP contribution is 2.26. The highest BCUT2D eigenvalue weighted by molar-refractivity contribution is 5.77. The molecule has 0 bridgehead atoms. The molecule has 0 amide bonds. The number of aryl methyl sites for hydroxylation is 1. The van der Waals surface area contributed by atoms with Gasteiger partial charge in [-0.05, 0) is 61.7 Å². The second-order valence-corrected chi connectivity index (χ2v) is 6.18. The van der Waals surface area contributed by atoms with Gasteiger partial charge in [-0.25, -0.2) is 4.98 Å². The molecule has 2 aromatic carbocycles. The summed E-state index contributed by atoms with van der Waals surface area (Å²) in [6.07, 6.45) is 1.46. The van der Waals surface area contributed by atoms with Crippen molar-refractivity contribution in [3.63, 3.8) is 0 Å². The van der Waals surface area contributed by atoms with Crippen LogP contribution in [-0.2, 0) is 6.42 Å². The van der Waals surface area contributed by atoms with Crippen LogP contribution < -0.4 is 5.73 Å². The number of nitrogens with zero attached hydrogens (tertiary/aromatic N) is 1. The van der Waals surface area contributed by atoms with Crippen molar-refractivity contribution in [3.8, 4) is 17.2 Å². The summed E-state index contributed by atoms with van der Waals surface area (Å²) in [4.78, 5) is 4.51. The Labute approximate surface area is 134 Å². The summed E-state index contributed by atoms with van der Waals surface area (Å²) < 4.78 is 5.76. The molecule has 0 saturated heterocycles. The topological polar surface area (TPSA) is 92.5 Å². The zero-order valence-electron chi connectivity index (χ0n) is 13.0. The number of aromatic nitrogens is 1. The van der Waals surface area contributed by atoms with Gasteiger partial charge in [0.05, 0.1) is 6.61 Å². The van der Waals surface area contributed by atoms with Gasteiger partial charge < -0.3 is 20.4 Å². The predicted octanol–water partition coefficient (Wildman–Crippen LogP) is 2.84. The van der Waals surface area contributed by atoms with Crippen LogP contribution in [0.4, 0.5) is 0 Å². The standard InChI is InChI=1S/C18H20N2O3/c1-18(19,11-21)9-8-12-2-7-16-15(10-12)20-17(23-16)13-3-5-14(22)6-4-13/h2-7,10,21-22H,8-9,11,19H2,1H3/t18-/m1/s1. The van der Waals surface area contributed by atoms with Gasteiger partial charge >= 0.3 is 0 Å². The highest BCUT2D eigenvalue weighted by Gasteiger charge is 2.17. The summed E-state index contributed by atoms with van der Waals surface area (Å²) in [5.41, 5.74) is 8.81. The van der Waals surface area contributed by atoms with Crippen molar-refractivity contribution >= 4 is 11.1 Å². The van der Waals surface area contributed by atoms with Gasteiger partial charge in [-0.2, -0.15) is 0 Å². The maximum atomic E-state index is 9.35. The minimum atomic E-state index is -0.573. The molecule has 120 valence electrons. The molecule has 0 radical (unpaired) electrons. The number of benzene rings is 2. The van der Waals surface area contributed by atoms with Crippen LogP contribution in [0.2, 0.25) is 0 Å². The van der Waals surface area contributed by atoms with Crippen molar-refractivity contribution < 1.29 is 14.6 Å². The van der Waals surface area contributed by atoms with E-state index in [0.717, 1.165) is 28.6 Å². The van der Waals surface area contributed by atoms with Crippen LogP contribution in [-0.4, -0.2) is 27.3 Å². The Morgan fingerprint density at radius 2 is 1.91 bits per heavy atom. The Morgan fingerprint density at radius 1 is 1.17 bits per heavy atom. The molecule has 1 aromatic heterocycles. The number of oxazole rings is 1. The fourth-order valence-electron chi connectivity index (χ4n) is 2.36. The van der Waals surface area contributed by atoms with Crippen LogP contribution in [0.25, 0.3) is 22.6 Å². The molecule has 3 aromatic rings. The van der Waals surface area contributed by atoms with Crippen molar-refractivity contribution in [2.45, 2.75) is 25.3 Å². The number of hydrogen-bond donors (Lipinski definition) is 3. The molecule has 4 N–H and O–H groups in total. The number of hydrogen-bond acceptors (Lipinski definition) is 5. The number of phenols is 1. The van der Waals surface area contributed by atoms with Crippen molar-refractivity contribution in [2.24, 2.45) is 5.73 Å². The van der Waals surface area contributed by atoms with Gasteiger partial charge in [0.15, 0.2) is 5.58 Å². The van der Waals surface area contributed by atoms with Gasteiger partial charge in [0.1, 0.15) is 11.3 Å². The van der Waals surface area contributed by atoms with Gasteiger partial charge in [-0.1, -0.05) is 6.07 Å². The van der Waals surface area contributed by atoms with Gasteiger partial charge in [-0.3, -0.25) is 0 Å². The summed E-state index contributed by atoms with van der Waals surface area (Å²) in [6, 6.07) is 12.6. The number of aliphatic hydroxyl groups is 1. The maximum Gasteiger partial charge on any atom is 0.227 e. The molecular weight excluding hydrogens is 292 g/mol. The SMILES string of the molecule is C[C@](N)(CO)CCc1ccc2oc(-c3ccc(O)cc3)nc2c1. The molecule has 3 rings (SSSR count). The first-order chi connectivity index (χ1) is 11.0. The second-order valence-electron chi connectivity index (χ2n) is 6.18. The van der Waals surface area contributed by atoms with Gasteiger partial charge in [0.2, 0.25) is 5.89 Å². The van der Waals surface area contributed by atoms with Crippen LogP contribution in [0.5, 0.6) is 5.75 Å². The third-order valence-corrected chi connectivity index (χ3v) is 3.91. The minimum absolute atomic E-state index is 0.0375. The van der Waals surface area contributed by atoms with Crippen LogP contribution >= 0.6 is 0 Å². The number of nitrogens with two attached hydrogens (primary N) is 1. The molecule has 23 heavy (non-hydrogen) atoms. The number of phenolic OH excluding ortho intramolecular Hbond substituents is 1. The van der Waals surface area contributed by atoms with Crippen molar-refractivity contribution in [1.29, 1.82) is 0 Å². The first-order valence-electron chi connectivity index (χ1n) is 7.55. The predicted molar refractivity (Wildman–Crippen MR) is 89.1 cm³/mol. The second kappa shape index (κ2) is 6.02. The molecule has 0 aliphatic rings. The molecule has 5 nitrogen and oxygen atoms in total. The van der Waals surface area contributed by atoms with Crippen LogP contribution in [0.1, 0.15) is 18.9 Å². The van der Waals surface area contributed by atoms with E-state index in [1.165, 1.54) is 0 Å². The molecule has 1 atom stereocenters. The number of rotatable bonds is 5. The average molecular weight is 312 g/mol. The molecule has 0 saturated carbocycles. The quantitative estimate of drug-likeness (QED) is 0.673. The molecule has 0 fully saturated rings. The van der Waals surface area contributed by atoms with E-state index in [0.29, 0.717) is 12.3 Å². The van der Waals surface area contributed by atoms with Crippen LogP contribution in [0.3, 0.4) is 0 Å². The van der Waals surface area contributed by atoms with E-state index in [9.17, 15) is 10.2 Å². The van der Waals surface area contributed by atoms with Crippen molar-refractivity contribution in [1.82, 2.24) is 4.98 Å². The van der Waals surface area contributed by atoms with Crippen molar-refractivity contribution in [3.05, 3.63) is 48.0 Å². The fourth-order valence-corrected chi connectivity index (χ4v) is 2.36. The zero-order chi connectivity index (χ0) is 16.4. The lowest BCUT2D eigenvalue weighted by Gasteiger charge is -2.21. The summed E-state index contributed by atoms with van der Waals surface area (Å²) in [5, 5.41) is 18.6. The Morgan fingerprint density at radius 3 is 2.61 bits per heavy atom. The average Bonchev–Trinajstić information content (AvgIpc) is 2.97. The monoisotopic (exact) mass is 312 g/mol. The van der Waals surface area contributed by atoms with Crippen molar-refractivity contribution in [2.75, 3.05) is 6.61 Å². The van der Waals surface area contributed by atoms with Gasteiger partial charge in [0, 0.05) is 11.1 Å². The Balaban J connectivity index is 1.84. The first-order valence-corrected chi connectivity index (χ1v) is 7.55. The fraction of sp³-hybridized carbons (Fsp3) is 0.278. The number of fused-ring (bicyclic) bond motifs is 1. The summed E-state index contributed by atoms with van der Waals surface area (Å²) >= 11 is 0. The largest absolute Gasteiger partial charge is 0.508 e. The van der Waals surface area contributed by atoms with E-state index >= 15 is 0 Å². The lowest BCUT2D eigenvalue weighted by Crippen LogP contribution is -2.40.